The molecule has 0 unspecified atom stereocenters. The molecule has 0 spiro atoms. The fourth-order valence-electron chi connectivity index (χ4n) is 5.68. The number of anilines is 1. The van der Waals surface area contributed by atoms with Gasteiger partial charge in [0.25, 0.3) is 0 Å². The molecule has 38 heavy (non-hydrogen) atoms. The summed E-state index contributed by atoms with van der Waals surface area (Å²) in [5, 5.41) is 6.73. The molecular formula is C32H30N4OS. The van der Waals surface area contributed by atoms with Crippen LogP contribution in [0.4, 0.5) is 5.69 Å². The second-order valence-corrected chi connectivity index (χ2v) is 9.97. The Morgan fingerprint density at radius 3 is 2.45 bits per heavy atom. The molecule has 1 aliphatic heterocycles. The summed E-state index contributed by atoms with van der Waals surface area (Å²) in [7, 11) is 0. The van der Waals surface area contributed by atoms with Gasteiger partial charge in [-0.3, -0.25) is 4.98 Å². The number of aromatic nitrogens is 2. The van der Waals surface area contributed by atoms with Crippen LogP contribution in [0, 0.1) is 13.8 Å². The minimum Gasteiger partial charge on any atom is -0.494 e. The van der Waals surface area contributed by atoms with Gasteiger partial charge in [-0.05, 0) is 92.5 Å². The SMILES string of the molecule is CCOc1ccc(N2C(=S)N[C@H](c3ccccn3)[C@@H]2c2cc(C)n(-c3cccc4ccccc34)c2C)cc1. The van der Waals surface area contributed by atoms with Crippen LogP contribution in [0.5, 0.6) is 5.75 Å². The van der Waals surface area contributed by atoms with Gasteiger partial charge in [-0.2, -0.15) is 0 Å². The van der Waals surface area contributed by atoms with Crippen LogP contribution in [0.15, 0.2) is 97.2 Å². The van der Waals surface area contributed by atoms with Crippen LogP contribution in [0.1, 0.15) is 41.7 Å². The summed E-state index contributed by atoms with van der Waals surface area (Å²) in [6.07, 6.45) is 1.84. The molecule has 0 aliphatic carbocycles. The van der Waals surface area contributed by atoms with Crippen LogP contribution < -0.4 is 15.0 Å². The normalized spacial score (nSPS) is 17.1. The van der Waals surface area contributed by atoms with Crippen LogP contribution in [0.3, 0.4) is 0 Å². The third-order valence-corrected chi connectivity index (χ3v) is 7.63. The van der Waals surface area contributed by atoms with E-state index in [0.717, 1.165) is 17.1 Å². The monoisotopic (exact) mass is 518 g/mol. The van der Waals surface area contributed by atoms with Gasteiger partial charge in [0.2, 0.25) is 0 Å². The van der Waals surface area contributed by atoms with Crippen molar-refractivity contribution in [3.63, 3.8) is 0 Å². The Morgan fingerprint density at radius 2 is 1.68 bits per heavy atom. The number of fused-ring (bicyclic) bond motifs is 1. The Hall–Kier alpha value is -4.16. The maximum absolute atomic E-state index is 5.95. The van der Waals surface area contributed by atoms with Gasteiger partial charge in [0.1, 0.15) is 5.75 Å². The molecule has 0 saturated carbocycles. The van der Waals surface area contributed by atoms with Crippen molar-refractivity contribution in [2.45, 2.75) is 32.9 Å². The number of hydrogen-bond donors (Lipinski definition) is 1. The van der Waals surface area contributed by atoms with E-state index >= 15 is 0 Å². The molecule has 6 heteroatoms. The zero-order valence-electron chi connectivity index (χ0n) is 21.8. The molecule has 5 nitrogen and oxygen atoms in total. The van der Waals surface area contributed by atoms with Gasteiger partial charge in [-0.15, -0.1) is 0 Å². The number of aryl methyl sites for hydroxylation is 1. The zero-order chi connectivity index (χ0) is 26.2. The topological polar surface area (TPSA) is 42.3 Å². The Morgan fingerprint density at radius 1 is 0.921 bits per heavy atom. The molecule has 1 aliphatic rings. The molecule has 2 aromatic heterocycles. The van der Waals surface area contributed by atoms with Gasteiger partial charge < -0.3 is 19.5 Å². The third-order valence-electron chi connectivity index (χ3n) is 7.32. The average Bonchev–Trinajstić information content (AvgIpc) is 3.44. The lowest BCUT2D eigenvalue weighted by Gasteiger charge is -2.28. The fraction of sp³-hybridized carbons (Fsp3) is 0.188. The van der Waals surface area contributed by atoms with Crippen molar-refractivity contribution < 1.29 is 4.74 Å². The number of benzene rings is 3. The Labute approximate surface area is 228 Å². The lowest BCUT2D eigenvalue weighted by Crippen LogP contribution is -2.29. The van der Waals surface area contributed by atoms with Gasteiger partial charge in [-0.1, -0.05) is 42.5 Å². The summed E-state index contributed by atoms with van der Waals surface area (Å²) in [6, 6.07) is 31.4. The first-order chi connectivity index (χ1) is 18.6. The van der Waals surface area contributed by atoms with Crippen molar-refractivity contribution in [3.8, 4) is 11.4 Å². The number of thiocarbonyl (C=S) groups is 1. The van der Waals surface area contributed by atoms with E-state index in [1.54, 1.807) is 0 Å². The van der Waals surface area contributed by atoms with Gasteiger partial charge in [0.05, 0.1) is 30.1 Å². The van der Waals surface area contributed by atoms with Gasteiger partial charge in [0.15, 0.2) is 5.11 Å². The highest BCUT2D eigenvalue weighted by molar-refractivity contribution is 7.80. The number of nitrogens with one attached hydrogen (secondary N) is 1. The predicted octanol–water partition coefficient (Wildman–Crippen LogP) is 7.22. The molecule has 190 valence electrons. The largest absolute Gasteiger partial charge is 0.494 e. The van der Waals surface area contributed by atoms with Crippen molar-refractivity contribution in [2.24, 2.45) is 0 Å². The number of hydrogen-bond acceptors (Lipinski definition) is 3. The predicted molar refractivity (Wildman–Crippen MR) is 158 cm³/mol. The Balaban J connectivity index is 1.51. The second kappa shape index (κ2) is 9.95. The molecule has 0 amide bonds. The van der Waals surface area contributed by atoms with Crippen molar-refractivity contribution in [2.75, 3.05) is 11.5 Å². The molecule has 2 atom stereocenters. The molecule has 5 aromatic rings. The third kappa shape index (κ3) is 4.11. The van der Waals surface area contributed by atoms with E-state index in [-0.39, 0.29) is 12.1 Å². The highest BCUT2D eigenvalue weighted by atomic mass is 32.1. The quantitative estimate of drug-likeness (QED) is 0.240. The molecule has 1 fully saturated rings. The first-order valence-electron chi connectivity index (χ1n) is 13.0. The first kappa shape index (κ1) is 24.2. The molecular weight excluding hydrogens is 488 g/mol. The molecule has 0 radical (unpaired) electrons. The van der Waals surface area contributed by atoms with E-state index in [2.05, 4.69) is 95.4 Å². The van der Waals surface area contributed by atoms with Crippen molar-refractivity contribution in [1.82, 2.24) is 14.9 Å². The van der Waals surface area contributed by atoms with E-state index in [9.17, 15) is 0 Å². The van der Waals surface area contributed by atoms with Crippen LogP contribution in [0.25, 0.3) is 16.5 Å². The number of nitrogens with zero attached hydrogens (tertiary/aromatic N) is 3. The van der Waals surface area contributed by atoms with E-state index in [0.29, 0.717) is 11.7 Å². The van der Waals surface area contributed by atoms with Gasteiger partial charge in [-0.25, -0.2) is 0 Å². The molecule has 3 aromatic carbocycles. The Kier molecular flexibility index (Phi) is 6.34. The summed E-state index contributed by atoms with van der Waals surface area (Å²) < 4.78 is 8.06. The van der Waals surface area contributed by atoms with Crippen molar-refractivity contribution in [1.29, 1.82) is 0 Å². The summed E-state index contributed by atoms with van der Waals surface area (Å²) in [6.45, 7) is 7.01. The van der Waals surface area contributed by atoms with E-state index in [1.165, 1.54) is 33.4 Å². The minimum absolute atomic E-state index is 0.0785. The van der Waals surface area contributed by atoms with Crippen LogP contribution in [0.2, 0.25) is 0 Å². The molecule has 0 bridgehead atoms. The minimum atomic E-state index is -0.100. The lowest BCUT2D eigenvalue weighted by atomic mass is 9.96. The van der Waals surface area contributed by atoms with Gasteiger partial charge >= 0.3 is 0 Å². The standard InChI is InChI=1S/C32H30N4OS/c1-4-37-25-17-15-24(16-18-25)36-31(30(34-32(36)38)28-13-7-8-19-33-28)27-20-21(2)35(22(27)3)29-14-9-11-23-10-5-6-12-26(23)29/h5-20,30-31H,4H2,1-3H3,(H,34,38)/t30-,31+/m1/s1. The maximum Gasteiger partial charge on any atom is 0.174 e. The molecule has 6 rings (SSSR count). The van der Waals surface area contributed by atoms with Crippen LogP contribution in [-0.2, 0) is 0 Å². The first-order valence-corrected chi connectivity index (χ1v) is 13.4. The van der Waals surface area contributed by atoms with E-state index in [1.807, 2.05) is 37.4 Å². The smallest absolute Gasteiger partial charge is 0.174 e. The second-order valence-electron chi connectivity index (χ2n) is 9.58. The fourth-order valence-corrected chi connectivity index (χ4v) is 6.03. The molecule has 1 N–H and O–H groups in total. The summed E-state index contributed by atoms with van der Waals surface area (Å²) in [4.78, 5) is 6.94. The lowest BCUT2D eigenvalue weighted by molar-refractivity contribution is 0.340. The Bertz CT molecular complexity index is 1610. The summed E-state index contributed by atoms with van der Waals surface area (Å²) in [5.41, 5.74) is 6.74. The summed E-state index contributed by atoms with van der Waals surface area (Å²) >= 11 is 5.95. The van der Waals surface area contributed by atoms with Gasteiger partial charge in [0, 0.05) is 28.7 Å². The molecule has 1 saturated heterocycles. The maximum atomic E-state index is 5.95. The van der Waals surface area contributed by atoms with Crippen LogP contribution >= 0.6 is 12.2 Å². The average molecular weight is 519 g/mol. The highest BCUT2D eigenvalue weighted by Crippen LogP contribution is 2.44. The van der Waals surface area contributed by atoms with E-state index in [4.69, 9.17) is 21.9 Å². The zero-order valence-corrected chi connectivity index (χ0v) is 22.6. The number of rotatable bonds is 6. The van der Waals surface area contributed by atoms with E-state index < -0.39 is 0 Å². The summed E-state index contributed by atoms with van der Waals surface area (Å²) in [5.74, 6) is 0.848. The van der Waals surface area contributed by atoms with Crippen molar-refractivity contribution in [3.05, 3.63) is 120 Å². The molecule has 3 heterocycles. The number of pyridine rings is 1. The van der Waals surface area contributed by atoms with Crippen molar-refractivity contribution >= 4 is 33.8 Å². The highest BCUT2D eigenvalue weighted by Gasteiger charge is 2.42. The van der Waals surface area contributed by atoms with Crippen LogP contribution in [-0.4, -0.2) is 21.3 Å². The number of ether oxygens (including phenoxy) is 1.